The Labute approximate surface area is 147 Å². The Bertz CT molecular complexity index is 582. The molecule has 7 nitrogen and oxygen atoms in total. The molecule has 0 saturated carbocycles. The normalized spacial score (nSPS) is 14.4. The van der Waals surface area contributed by atoms with Crippen molar-refractivity contribution in [1.82, 2.24) is 10.6 Å². The zero-order valence-corrected chi connectivity index (χ0v) is 15.1. The summed E-state index contributed by atoms with van der Waals surface area (Å²) in [4.78, 5) is 22.9. The quantitative estimate of drug-likeness (QED) is 0.497. The molecule has 3 N–H and O–H groups in total. The van der Waals surface area contributed by atoms with Crippen LogP contribution in [-0.4, -0.2) is 49.0 Å². The summed E-state index contributed by atoms with van der Waals surface area (Å²) in [6, 6.07) is 3.59. The number of carbonyl (C=O) groups is 2. The number of thiol groups is 1. The lowest BCUT2D eigenvalue weighted by molar-refractivity contribution is -0.141. The molecule has 0 aromatic heterocycles. The fourth-order valence-electron chi connectivity index (χ4n) is 2.12. The topological polar surface area (TPSA) is 96.9 Å². The van der Waals surface area contributed by atoms with Gasteiger partial charge >= 0.3 is 5.97 Å². The SMILES string of the molecule is COc1ccc([C@H](CS)N[C@@H](C)C(=O)N[C@@H](C)C(=O)O)c(OC)c1. The van der Waals surface area contributed by atoms with Crippen molar-refractivity contribution >= 4 is 24.5 Å². The molecule has 0 saturated heterocycles. The molecule has 0 aliphatic carbocycles. The summed E-state index contributed by atoms with van der Waals surface area (Å²) < 4.78 is 10.5. The molecule has 0 spiro atoms. The van der Waals surface area contributed by atoms with Gasteiger partial charge < -0.3 is 19.9 Å². The van der Waals surface area contributed by atoms with Crippen LogP contribution in [0, 0.1) is 0 Å². The van der Waals surface area contributed by atoms with E-state index in [4.69, 9.17) is 14.6 Å². The highest BCUT2D eigenvalue weighted by Crippen LogP contribution is 2.30. The number of hydrogen-bond acceptors (Lipinski definition) is 6. The second kappa shape index (κ2) is 9.39. The number of aliphatic carboxylic acids is 1. The van der Waals surface area contributed by atoms with Crippen LogP contribution >= 0.6 is 12.6 Å². The van der Waals surface area contributed by atoms with Crippen molar-refractivity contribution in [2.45, 2.75) is 32.0 Å². The minimum Gasteiger partial charge on any atom is -0.497 e. The van der Waals surface area contributed by atoms with Gasteiger partial charge in [-0.05, 0) is 19.9 Å². The van der Waals surface area contributed by atoms with Crippen LogP contribution in [0.2, 0.25) is 0 Å². The number of benzene rings is 1. The fourth-order valence-corrected chi connectivity index (χ4v) is 2.43. The molecule has 0 fully saturated rings. The number of ether oxygens (including phenoxy) is 2. The molecule has 8 heteroatoms. The van der Waals surface area contributed by atoms with E-state index in [0.29, 0.717) is 17.3 Å². The van der Waals surface area contributed by atoms with Gasteiger partial charge in [0.25, 0.3) is 0 Å². The Morgan fingerprint density at radius 2 is 1.88 bits per heavy atom. The molecule has 1 rings (SSSR count). The first kappa shape index (κ1) is 20.1. The van der Waals surface area contributed by atoms with Gasteiger partial charge in [-0.3, -0.25) is 14.9 Å². The summed E-state index contributed by atoms with van der Waals surface area (Å²) in [5, 5.41) is 14.4. The van der Waals surface area contributed by atoms with E-state index in [0.717, 1.165) is 5.56 Å². The van der Waals surface area contributed by atoms with E-state index in [2.05, 4.69) is 23.3 Å². The van der Waals surface area contributed by atoms with Crippen molar-refractivity contribution < 1.29 is 24.2 Å². The molecule has 134 valence electrons. The second-order valence-corrected chi connectivity index (χ2v) is 5.67. The first-order valence-corrected chi connectivity index (χ1v) is 8.09. The molecular weight excluding hydrogens is 332 g/mol. The number of methoxy groups -OCH3 is 2. The highest BCUT2D eigenvalue weighted by atomic mass is 32.1. The van der Waals surface area contributed by atoms with Gasteiger partial charge in [0.05, 0.1) is 20.3 Å². The number of amides is 1. The molecule has 1 amide bonds. The predicted molar refractivity (Wildman–Crippen MR) is 94.0 cm³/mol. The Morgan fingerprint density at radius 1 is 1.21 bits per heavy atom. The number of rotatable bonds is 9. The van der Waals surface area contributed by atoms with Gasteiger partial charge in [0.15, 0.2) is 0 Å². The first-order chi connectivity index (χ1) is 11.3. The highest BCUT2D eigenvalue weighted by molar-refractivity contribution is 7.80. The molecular formula is C16H24N2O5S. The lowest BCUT2D eigenvalue weighted by Crippen LogP contribution is -2.48. The zero-order chi connectivity index (χ0) is 18.3. The minimum atomic E-state index is -1.09. The fraction of sp³-hybridized carbons (Fsp3) is 0.500. The van der Waals surface area contributed by atoms with Crippen LogP contribution in [0.15, 0.2) is 18.2 Å². The molecule has 0 aliphatic heterocycles. The molecule has 1 aromatic carbocycles. The number of hydrogen-bond donors (Lipinski definition) is 4. The van der Waals surface area contributed by atoms with Crippen molar-refractivity contribution in [3.8, 4) is 11.5 Å². The van der Waals surface area contributed by atoms with Crippen LogP contribution in [0.4, 0.5) is 0 Å². The number of carbonyl (C=O) groups excluding carboxylic acids is 1. The minimum absolute atomic E-state index is 0.255. The molecule has 0 unspecified atom stereocenters. The van der Waals surface area contributed by atoms with Gasteiger partial charge in [-0.15, -0.1) is 0 Å². The second-order valence-electron chi connectivity index (χ2n) is 5.30. The predicted octanol–water partition coefficient (Wildman–Crippen LogP) is 1.24. The molecule has 0 radical (unpaired) electrons. The van der Waals surface area contributed by atoms with Crippen LogP contribution in [-0.2, 0) is 9.59 Å². The molecule has 0 bridgehead atoms. The molecule has 1 aromatic rings. The van der Waals surface area contributed by atoms with Crippen LogP contribution in [0.3, 0.4) is 0 Å². The van der Waals surface area contributed by atoms with Crippen LogP contribution in [0.5, 0.6) is 11.5 Å². The van der Waals surface area contributed by atoms with Crippen LogP contribution < -0.4 is 20.1 Å². The van der Waals surface area contributed by atoms with E-state index in [9.17, 15) is 9.59 Å². The lowest BCUT2D eigenvalue weighted by atomic mass is 10.1. The molecule has 24 heavy (non-hydrogen) atoms. The monoisotopic (exact) mass is 356 g/mol. The van der Waals surface area contributed by atoms with E-state index >= 15 is 0 Å². The largest absolute Gasteiger partial charge is 0.497 e. The zero-order valence-electron chi connectivity index (χ0n) is 14.2. The van der Waals surface area contributed by atoms with E-state index in [-0.39, 0.29) is 6.04 Å². The van der Waals surface area contributed by atoms with Crippen molar-refractivity contribution in [2.24, 2.45) is 0 Å². The summed E-state index contributed by atoms with van der Waals surface area (Å²) >= 11 is 4.33. The third-order valence-electron chi connectivity index (χ3n) is 3.57. The van der Waals surface area contributed by atoms with Crippen molar-refractivity contribution in [1.29, 1.82) is 0 Å². The van der Waals surface area contributed by atoms with Gasteiger partial charge in [0.1, 0.15) is 17.5 Å². The van der Waals surface area contributed by atoms with Crippen molar-refractivity contribution in [3.63, 3.8) is 0 Å². The number of carboxylic acids is 1. The maximum absolute atomic E-state index is 12.1. The van der Waals surface area contributed by atoms with E-state index in [1.165, 1.54) is 6.92 Å². The van der Waals surface area contributed by atoms with E-state index in [1.807, 2.05) is 6.07 Å². The first-order valence-electron chi connectivity index (χ1n) is 7.46. The standard InChI is InChI=1S/C16H24N2O5S/c1-9(15(19)18-10(2)16(20)21)17-13(8-24)12-6-5-11(22-3)7-14(12)23-4/h5-7,9-10,13,17,24H,8H2,1-4H3,(H,18,19)(H,20,21)/t9-,10-,13-/m0/s1. The Morgan fingerprint density at radius 3 is 2.38 bits per heavy atom. The average Bonchev–Trinajstić information content (AvgIpc) is 2.58. The third-order valence-corrected chi connectivity index (χ3v) is 3.94. The van der Waals surface area contributed by atoms with Gasteiger partial charge in [-0.1, -0.05) is 6.07 Å². The number of carboxylic acid groups (broad SMARTS) is 1. The van der Waals surface area contributed by atoms with Gasteiger partial charge in [-0.25, -0.2) is 0 Å². The van der Waals surface area contributed by atoms with Crippen LogP contribution in [0.25, 0.3) is 0 Å². The summed E-state index contributed by atoms with van der Waals surface area (Å²) in [5.41, 5.74) is 0.833. The van der Waals surface area contributed by atoms with Crippen molar-refractivity contribution in [2.75, 3.05) is 20.0 Å². The maximum atomic E-state index is 12.1. The third kappa shape index (κ3) is 5.31. The van der Waals surface area contributed by atoms with Crippen LogP contribution in [0.1, 0.15) is 25.5 Å². The summed E-state index contributed by atoms with van der Waals surface area (Å²) in [5.74, 6) is 0.221. The Hall–Kier alpha value is -1.93. The van der Waals surface area contributed by atoms with E-state index < -0.39 is 24.0 Å². The molecule has 0 heterocycles. The van der Waals surface area contributed by atoms with E-state index in [1.54, 1.807) is 33.3 Å². The smallest absolute Gasteiger partial charge is 0.325 e. The van der Waals surface area contributed by atoms with Gasteiger partial charge in [0, 0.05) is 23.4 Å². The highest BCUT2D eigenvalue weighted by Gasteiger charge is 2.23. The summed E-state index contributed by atoms with van der Waals surface area (Å²) in [6.07, 6.45) is 0. The lowest BCUT2D eigenvalue weighted by Gasteiger charge is -2.24. The Balaban J connectivity index is 2.87. The van der Waals surface area contributed by atoms with Crippen molar-refractivity contribution in [3.05, 3.63) is 23.8 Å². The Kier molecular flexibility index (Phi) is 7.87. The summed E-state index contributed by atoms with van der Waals surface area (Å²) in [7, 11) is 3.12. The maximum Gasteiger partial charge on any atom is 0.325 e. The summed E-state index contributed by atoms with van der Waals surface area (Å²) in [6.45, 7) is 3.08. The molecule has 0 aliphatic rings. The van der Waals surface area contributed by atoms with Gasteiger partial charge in [-0.2, -0.15) is 12.6 Å². The average molecular weight is 356 g/mol. The number of nitrogens with one attached hydrogen (secondary N) is 2. The molecule has 3 atom stereocenters. The van der Waals surface area contributed by atoms with Gasteiger partial charge in [0.2, 0.25) is 5.91 Å².